The molecule has 0 aliphatic carbocycles. The highest BCUT2D eigenvalue weighted by molar-refractivity contribution is 5.88. The van der Waals surface area contributed by atoms with Gasteiger partial charge in [-0.05, 0) is 24.6 Å². The lowest BCUT2D eigenvalue weighted by molar-refractivity contribution is -0.137. The van der Waals surface area contributed by atoms with Crippen molar-refractivity contribution < 1.29 is 23.1 Å². The van der Waals surface area contributed by atoms with Crippen LogP contribution in [0.5, 0.6) is 0 Å². The largest absolute Gasteiger partial charge is 0.478 e. The molecule has 2 aromatic rings. The highest BCUT2D eigenvalue weighted by Crippen LogP contribution is 2.30. The summed E-state index contributed by atoms with van der Waals surface area (Å²) in [6, 6.07) is 4.66. The zero-order valence-electron chi connectivity index (χ0n) is 11.2. The quantitative estimate of drug-likeness (QED) is 0.939. The van der Waals surface area contributed by atoms with Crippen LogP contribution < -0.4 is 0 Å². The number of nitrogens with zero attached hydrogens (tertiary/aromatic N) is 2. The molecule has 0 bridgehead atoms. The second-order valence-corrected chi connectivity index (χ2v) is 4.52. The molecule has 21 heavy (non-hydrogen) atoms. The van der Waals surface area contributed by atoms with Crippen molar-refractivity contribution >= 4 is 5.97 Å². The van der Waals surface area contributed by atoms with Gasteiger partial charge in [-0.1, -0.05) is 19.4 Å². The Bertz CT molecular complexity index is 662. The molecular weight excluding hydrogens is 285 g/mol. The van der Waals surface area contributed by atoms with E-state index in [9.17, 15) is 18.0 Å². The standard InChI is InChI=1S/C14H13F3N2O2/c1-2-4-12-11(13(20)21)8-18-19(12)10-6-3-5-9(7-10)14(15,16)17/h3,5-8H,2,4H2,1H3,(H,20,21). The number of hydrogen-bond acceptors (Lipinski definition) is 2. The van der Waals surface area contributed by atoms with Gasteiger partial charge in [-0.15, -0.1) is 0 Å². The number of hydrogen-bond donors (Lipinski definition) is 1. The van der Waals surface area contributed by atoms with Gasteiger partial charge in [0, 0.05) is 0 Å². The third-order valence-corrected chi connectivity index (χ3v) is 3.00. The first kappa shape index (κ1) is 15.1. The first-order chi connectivity index (χ1) is 9.84. The molecule has 0 atom stereocenters. The summed E-state index contributed by atoms with van der Waals surface area (Å²) in [6.45, 7) is 1.86. The Kier molecular flexibility index (Phi) is 4.02. The second-order valence-electron chi connectivity index (χ2n) is 4.52. The van der Waals surface area contributed by atoms with Crippen molar-refractivity contribution in [2.24, 2.45) is 0 Å². The molecule has 4 nitrogen and oxygen atoms in total. The lowest BCUT2D eigenvalue weighted by Crippen LogP contribution is -2.09. The SMILES string of the molecule is CCCc1c(C(=O)O)cnn1-c1cccc(C(F)(F)F)c1. The lowest BCUT2D eigenvalue weighted by atomic mass is 10.1. The van der Waals surface area contributed by atoms with Gasteiger partial charge in [-0.25, -0.2) is 9.48 Å². The molecule has 0 saturated heterocycles. The van der Waals surface area contributed by atoms with Gasteiger partial charge in [0.05, 0.1) is 23.1 Å². The zero-order valence-corrected chi connectivity index (χ0v) is 11.2. The number of aromatic nitrogens is 2. The van der Waals surface area contributed by atoms with Crippen LogP contribution in [0.3, 0.4) is 0 Å². The van der Waals surface area contributed by atoms with E-state index in [1.165, 1.54) is 16.8 Å². The maximum atomic E-state index is 12.7. The van der Waals surface area contributed by atoms with Crippen molar-refractivity contribution in [3.05, 3.63) is 47.3 Å². The van der Waals surface area contributed by atoms with Crippen molar-refractivity contribution in [2.45, 2.75) is 25.9 Å². The van der Waals surface area contributed by atoms with E-state index >= 15 is 0 Å². The van der Waals surface area contributed by atoms with Crippen LogP contribution in [0.2, 0.25) is 0 Å². The lowest BCUT2D eigenvalue weighted by Gasteiger charge is -2.11. The van der Waals surface area contributed by atoms with Crippen LogP contribution >= 0.6 is 0 Å². The summed E-state index contributed by atoms with van der Waals surface area (Å²) >= 11 is 0. The second kappa shape index (κ2) is 5.59. The summed E-state index contributed by atoms with van der Waals surface area (Å²) in [5, 5.41) is 13.0. The molecule has 0 saturated carbocycles. The van der Waals surface area contributed by atoms with Gasteiger partial charge in [0.1, 0.15) is 5.56 Å². The summed E-state index contributed by atoms with van der Waals surface area (Å²) in [5.41, 5.74) is -0.200. The first-order valence-corrected chi connectivity index (χ1v) is 6.32. The zero-order chi connectivity index (χ0) is 15.6. The van der Waals surface area contributed by atoms with Crippen molar-refractivity contribution in [3.63, 3.8) is 0 Å². The summed E-state index contributed by atoms with van der Waals surface area (Å²) in [6.07, 6.45) is -2.22. The third-order valence-electron chi connectivity index (χ3n) is 3.00. The van der Waals surface area contributed by atoms with E-state index in [1.54, 1.807) is 0 Å². The van der Waals surface area contributed by atoms with E-state index in [-0.39, 0.29) is 11.3 Å². The van der Waals surface area contributed by atoms with Crippen molar-refractivity contribution in [1.29, 1.82) is 0 Å². The van der Waals surface area contributed by atoms with Crippen LogP contribution in [0, 0.1) is 0 Å². The molecule has 0 radical (unpaired) electrons. The van der Waals surface area contributed by atoms with Gasteiger partial charge in [0.15, 0.2) is 0 Å². The Balaban J connectivity index is 2.54. The molecule has 112 valence electrons. The number of aromatic carboxylic acids is 1. The Labute approximate surface area is 118 Å². The molecule has 0 fully saturated rings. The van der Waals surface area contributed by atoms with Gasteiger partial charge in [-0.2, -0.15) is 18.3 Å². The predicted octanol–water partition coefficient (Wildman–Crippen LogP) is 3.54. The maximum Gasteiger partial charge on any atom is 0.416 e. The molecule has 0 amide bonds. The molecule has 1 N–H and O–H groups in total. The van der Waals surface area contributed by atoms with Crippen LogP contribution in [0.1, 0.15) is 35.0 Å². The fourth-order valence-corrected chi connectivity index (χ4v) is 2.07. The number of benzene rings is 1. The number of carboxylic acid groups (broad SMARTS) is 1. The summed E-state index contributed by atoms with van der Waals surface area (Å²) in [7, 11) is 0. The van der Waals surface area contributed by atoms with Crippen LogP contribution in [0.25, 0.3) is 5.69 Å². The van der Waals surface area contributed by atoms with E-state index in [4.69, 9.17) is 5.11 Å². The summed E-state index contributed by atoms with van der Waals surface area (Å²) < 4.78 is 39.5. The van der Waals surface area contributed by atoms with Crippen molar-refractivity contribution in [3.8, 4) is 5.69 Å². The number of carboxylic acids is 1. The van der Waals surface area contributed by atoms with E-state index in [0.29, 0.717) is 18.5 Å². The molecule has 1 aromatic heterocycles. The van der Waals surface area contributed by atoms with Gasteiger partial charge in [0.2, 0.25) is 0 Å². The smallest absolute Gasteiger partial charge is 0.416 e. The molecular formula is C14H13F3N2O2. The molecule has 0 aliphatic heterocycles. The number of rotatable bonds is 4. The topological polar surface area (TPSA) is 55.1 Å². The minimum atomic E-state index is -4.45. The Hall–Kier alpha value is -2.31. The summed E-state index contributed by atoms with van der Waals surface area (Å²) in [4.78, 5) is 11.1. The highest BCUT2D eigenvalue weighted by atomic mass is 19.4. The molecule has 1 heterocycles. The molecule has 7 heteroatoms. The van der Waals surface area contributed by atoms with Gasteiger partial charge in [-0.3, -0.25) is 0 Å². The molecule has 2 rings (SSSR count). The van der Waals surface area contributed by atoms with Crippen LogP contribution in [-0.2, 0) is 12.6 Å². The molecule has 0 spiro atoms. The minimum Gasteiger partial charge on any atom is -0.478 e. The van der Waals surface area contributed by atoms with Crippen LogP contribution in [-0.4, -0.2) is 20.9 Å². The fraction of sp³-hybridized carbons (Fsp3) is 0.286. The first-order valence-electron chi connectivity index (χ1n) is 6.32. The average molecular weight is 298 g/mol. The molecule has 0 aliphatic rings. The van der Waals surface area contributed by atoms with E-state index < -0.39 is 17.7 Å². The van der Waals surface area contributed by atoms with Gasteiger partial charge >= 0.3 is 12.1 Å². The van der Waals surface area contributed by atoms with Crippen molar-refractivity contribution in [1.82, 2.24) is 9.78 Å². The Morgan fingerprint density at radius 3 is 2.67 bits per heavy atom. The average Bonchev–Trinajstić information content (AvgIpc) is 2.82. The van der Waals surface area contributed by atoms with E-state index in [0.717, 1.165) is 18.3 Å². The highest BCUT2D eigenvalue weighted by Gasteiger charge is 2.30. The van der Waals surface area contributed by atoms with Crippen LogP contribution in [0.4, 0.5) is 13.2 Å². The minimum absolute atomic E-state index is 0.00858. The van der Waals surface area contributed by atoms with Crippen LogP contribution in [0.15, 0.2) is 30.5 Å². The maximum absolute atomic E-state index is 12.7. The van der Waals surface area contributed by atoms with E-state index in [1.807, 2.05) is 6.92 Å². The van der Waals surface area contributed by atoms with Gasteiger partial charge in [0.25, 0.3) is 0 Å². The normalized spacial score (nSPS) is 11.6. The number of halogens is 3. The summed E-state index contributed by atoms with van der Waals surface area (Å²) in [5.74, 6) is -1.14. The number of alkyl halides is 3. The fourth-order valence-electron chi connectivity index (χ4n) is 2.07. The van der Waals surface area contributed by atoms with Crippen molar-refractivity contribution in [2.75, 3.05) is 0 Å². The monoisotopic (exact) mass is 298 g/mol. The Morgan fingerprint density at radius 1 is 1.38 bits per heavy atom. The predicted molar refractivity (Wildman–Crippen MR) is 69.5 cm³/mol. The Morgan fingerprint density at radius 2 is 2.10 bits per heavy atom. The third kappa shape index (κ3) is 3.07. The molecule has 1 aromatic carbocycles. The van der Waals surface area contributed by atoms with Gasteiger partial charge < -0.3 is 5.11 Å². The number of carbonyl (C=O) groups is 1. The van der Waals surface area contributed by atoms with E-state index in [2.05, 4.69) is 5.10 Å². The molecule has 0 unspecified atom stereocenters.